The molecule has 0 aliphatic heterocycles. The monoisotopic (exact) mass is 646 g/mol. The van der Waals surface area contributed by atoms with E-state index in [-0.39, 0.29) is 69.7 Å². The average Bonchev–Trinajstić information content (AvgIpc) is 3.34. The number of nitrogens with zero attached hydrogens (tertiary/aromatic N) is 2. The largest absolute Gasteiger partial charge is 0.494 e. The van der Waals surface area contributed by atoms with E-state index in [0.717, 1.165) is 12.8 Å². The second-order valence-corrected chi connectivity index (χ2v) is 11.2. The maximum absolute atomic E-state index is 14.6. The number of carbonyl (C=O) groups excluding carboxylic acids is 3. The Hall–Kier alpha value is -4.56. The highest BCUT2D eigenvalue weighted by atomic mass is 35.5. The standard InChI is InChI=1S/C29H31ClF2N6O4.CH2O2/c1-38-22(20-5-6-23(42-2)25(32)24(20)31)13-34-26(38)29(41)35-16-3-4-19(21(30)11-16)28(40)37-18-9-17(10-18)36-27(39)15-7-14(8-15)12-33;2-1-3/h3-6,11,13-15,17-18H,7-10,12,33H2,1-2H3,(H,35,41)(H,36,39)(H,37,40);1H,(H,2,3). The van der Waals surface area contributed by atoms with Crippen molar-refractivity contribution in [3.63, 3.8) is 0 Å². The van der Waals surface area contributed by atoms with Crippen LogP contribution in [0.1, 0.15) is 46.7 Å². The third kappa shape index (κ3) is 7.40. The summed E-state index contributed by atoms with van der Waals surface area (Å²) in [6.07, 6.45) is 4.19. The fourth-order valence-electron chi connectivity index (χ4n) is 5.30. The summed E-state index contributed by atoms with van der Waals surface area (Å²) in [4.78, 5) is 50.4. The highest BCUT2D eigenvalue weighted by Gasteiger charge is 2.37. The number of hydrogen-bond donors (Lipinski definition) is 5. The molecule has 3 aromatic rings. The van der Waals surface area contributed by atoms with Crippen molar-refractivity contribution >= 4 is 41.5 Å². The van der Waals surface area contributed by atoms with Crippen molar-refractivity contribution in [1.82, 2.24) is 20.2 Å². The van der Waals surface area contributed by atoms with Gasteiger partial charge in [-0.1, -0.05) is 11.6 Å². The van der Waals surface area contributed by atoms with Crippen molar-refractivity contribution in [2.24, 2.45) is 24.6 Å². The lowest BCUT2D eigenvalue weighted by Gasteiger charge is -2.39. The first-order valence-electron chi connectivity index (χ1n) is 14.0. The highest BCUT2D eigenvalue weighted by Crippen LogP contribution is 2.34. The minimum atomic E-state index is -1.14. The number of nitrogens with two attached hydrogens (primary N) is 1. The number of benzene rings is 2. The van der Waals surface area contributed by atoms with Crippen LogP contribution in [-0.2, 0) is 16.6 Å². The quantitative estimate of drug-likeness (QED) is 0.220. The second-order valence-electron chi connectivity index (χ2n) is 10.8. The van der Waals surface area contributed by atoms with Crippen molar-refractivity contribution in [3.8, 4) is 17.0 Å². The second kappa shape index (κ2) is 14.5. The Labute approximate surface area is 262 Å². The summed E-state index contributed by atoms with van der Waals surface area (Å²) in [6.45, 7) is 0.360. The number of imidazole rings is 1. The number of amides is 3. The van der Waals surface area contributed by atoms with E-state index >= 15 is 0 Å². The van der Waals surface area contributed by atoms with Gasteiger partial charge in [0.15, 0.2) is 17.4 Å². The van der Waals surface area contributed by atoms with Gasteiger partial charge in [-0.15, -0.1) is 0 Å². The molecule has 1 heterocycles. The van der Waals surface area contributed by atoms with Gasteiger partial charge in [0.25, 0.3) is 18.3 Å². The molecular weight excluding hydrogens is 614 g/mol. The molecule has 0 saturated heterocycles. The molecule has 3 amide bonds. The molecule has 2 aliphatic rings. The number of carbonyl (C=O) groups is 4. The number of ether oxygens (including phenoxy) is 1. The van der Waals surface area contributed by atoms with Gasteiger partial charge >= 0.3 is 0 Å². The summed E-state index contributed by atoms with van der Waals surface area (Å²) in [6, 6.07) is 7.03. The molecule has 240 valence electrons. The van der Waals surface area contributed by atoms with Crippen molar-refractivity contribution in [3.05, 3.63) is 64.6 Å². The highest BCUT2D eigenvalue weighted by molar-refractivity contribution is 6.34. The molecular formula is C30H33ClF2N6O6. The van der Waals surface area contributed by atoms with Crippen LogP contribution in [0.3, 0.4) is 0 Å². The first-order chi connectivity index (χ1) is 21.5. The fourth-order valence-corrected chi connectivity index (χ4v) is 5.57. The Balaban J connectivity index is 0.00000148. The zero-order chi connectivity index (χ0) is 32.8. The van der Waals surface area contributed by atoms with Gasteiger partial charge in [0, 0.05) is 36.3 Å². The maximum Gasteiger partial charge on any atom is 0.291 e. The number of aromatic nitrogens is 2. The van der Waals surface area contributed by atoms with Gasteiger partial charge in [-0.2, -0.15) is 4.39 Å². The Morgan fingerprint density at radius 1 is 1.09 bits per heavy atom. The number of rotatable bonds is 9. The van der Waals surface area contributed by atoms with Crippen LogP contribution in [0.2, 0.25) is 5.02 Å². The van der Waals surface area contributed by atoms with Crippen LogP contribution in [0.4, 0.5) is 14.5 Å². The summed E-state index contributed by atoms with van der Waals surface area (Å²) in [5.74, 6) is -3.02. The van der Waals surface area contributed by atoms with E-state index in [2.05, 4.69) is 20.9 Å². The predicted octanol–water partition coefficient (Wildman–Crippen LogP) is 3.34. The predicted molar refractivity (Wildman–Crippen MR) is 161 cm³/mol. The van der Waals surface area contributed by atoms with Gasteiger partial charge in [-0.25, -0.2) is 9.37 Å². The minimum Gasteiger partial charge on any atom is -0.494 e. The molecule has 2 saturated carbocycles. The van der Waals surface area contributed by atoms with Crippen LogP contribution < -0.4 is 26.4 Å². The maximum atomic E-state index is 14.6. The summed E-state index contributed by atoms with van der Waals surface area (Å²) >= 11 is 6.36. The third-order valence-electron chi connectivity index (χ3n) is 7.97. The van der Waals surface area contributed by atoms with Crippen LogP contribution in [0.15, 0.2) is 36.5 Å². The topological polar surface area (TPSA) is 178 Å². The molecule has 0 unspecified atom stereocenters. The number of halogens is 3. The molecule has 6 N–H and O–H groups in total. The van der Waals surface area contributed by atoms with Gasteiger partial charge in [0.2, 0.25) is 11.7 Å². The number of nitrogens with one attached hydrogen (secondary N) is 3. The lowest BCUT2D eigenvalue weighted by molar-refractivity contribution is -0.130. The summed E-state index contributed by atoms with van der Waals surface area (Å²) < 4.78 is 34.9. The van der Waals surface area contributed by atoms with Crippen molar-refractivity contribution in [2.45, 2.75) is 37.8 Å². The van der Waals surface area contributed by atoms with E-state index < -0.39 is 17.5 Å². The Morgan fingerprint density at radius 3 is 2.38 bits per heavy atom. The lowest BCUT2D eigenvalue weighted by atomic mass is 9.74. The van der Waals surface area contributed by atoms with Gasteiger partial charge < -0.3 is 36.1 Å². The Morgan fingerprint density at radius 2 is 1.76 bits per heavy atom. The number of methoxy groups -OCH3 is 1. The Kier molecular flexibility index (Phi) is 10.7. The van der Waals surface area contributed by atoms with Gasteiger partial charge in [-0.05, 0) is 68.5 Å². The molecule has 2 fully saturated rings. The van der Waals surface area contributed by atoms with E-state index in [4.69, 9.17) is 32.0 Å². The number of hydrogen-bond acceptors (Lipinski definition) is 7. The molecule has 0 atom stereocenters. The third-order valence-corrected chi connectivity index (χ3v) is 8.28. The van der Waals surface area contributed by atoms with Crippen molar-refractivity contribution < 1.29 is 37.8 Å². The average molecular weight is 647 g/mol. The smallest absolute Gasteiger partial charge is 0.291 e. The molecule has 2 aromatic carbocycles. The van der Waals surface area contributed by atoms with Crippen LogP contribution in [-0.4, -0.2) is 64.6 Å². The molecule has 5 rings (SSSR count). The van der Waals surface area contributed by atoms with Crippen LogP contribution >= 0.6 is 11.6 Å². The SMILES string of the molecule is COc1ccc(-c2cnc(C(=O)Nc3ccc(C(=O)NC4CC(NC(=O)C5CC(CN)C5)C4)c(Cl)c3)n2C)c(F)c1F.O=CO. The normalized spacial score (nSPS) is 20.0. The fraction of sp³-hybridized carbons (Fsp3) is 0.367. The molecule has 1 aromatic heterocycles. The minimum absolute atomic E-state index is 0.0275. The van der Waals surface area contributed by atoms with E-state index in [9.17, 15) is 23.2 Å². The molecule has 0 radical (unpaired) electrons. The zero-order valence-corrected chi connectivity index (χ0v) is 25.2. The first-order valence-corrected chi connectivity index (χ1v) is 14.4. The van der Waals surface area contributed by atoms with Crippen LogP contribution in [0, 0.1) is 23.5 Å². The van der Waals surface area contributed by atoms with E-state index in [1.165, 1.54) is 55.3 Å². The van der Waals surface area contributed by atoms with Crippen LogP contribution in [0.5, 0.6) is 5.75 Å². The Bertz CT molecular complexity index is 1590. The van der Waals surface area contributed by atoms with E-state index in [1.54, 1.807) is 0 Å². The summed E-state index contributed by atoms with van der Waals surface area (Å²) in [5.41, 5.74) is 6.28. The zero-order valence-electron chi connectivity index (χ0n) is 24.5. The number of carboxylic acid groups (broad SMARTS) is 1. The molecule has 15 heteroatoms. The van der Waals surface area contributed by atoms with Crippen molar-refractivity contribution in [2.75, 3.05) is 19.0 Å². The first kappa shape index (κ1) is 33.3. The number of anilines is 1. The lowest BCUT2D eigenvalue weighted by Crippen LogP contribution is -2.55. The van der Waals surface area contributed by atoms with E-state index in [0.29, 0.717) is 31.0 Å². The summed E-state index contributed by atoms with van der Waals surface area (Å²) in [7, 11) is 2.73. The van der Waals surface area contributed by atoms with Gasteiger partial charge in [-0.3, -0.25) is 19.2 Å². The van der Waals surface area contributed by atoms with Gasteiger partial charge in [0.1, 0.15) is 0 Å². The van der Waals surface area contributed by atoms with Crippen molar-refractivity contribution in [1.29, 1.82) is 0 Å². The molecule has 0 bridgehead atoms. The van der Waals surface area contributed by atoms with Crippen LogP contribution in [0.25, 0.3) is 11.3 Å². The van der Waals surface area contributed by atoms with E-state index in [1.807, 2.05) is 0 Å². The molecule has 45 heavy (non-hydrogen) atoms. The van der Waals surface area contributed by atoms with Gasteiger partial charge in [0.05, 0.1) is 29.6 Å². The molecule has 0 spiro atoms. The summed E-state index contributed by atoms with van der Waals surface area (Å²) in [5, 5.41) is 15.6. The molecule has 2 aliphatic carbocycles. The molecule has 12 nitrogen and oxygen atoms in total.